The van der Waals surface area contributed by atoms with Crippen LogP contribution in [0.4, 0.5) is 0 Å². The van der Waals surface area contributed by atoms with Crippen molar-refractivity contribution in [3.05, 3.63) is 65.7 Å². The number of carbonyl (C=O) groups is 1. The Morgan fingerprint density at radius 1 is 1.12 bits per heavy atom. The number of carbonyl (C=O) groups excluding carboxylic acids is 1. The molecule has 1 atom stereocenters. The highest BCUT2D eigenvalue weighted by Gasteiger charge is 2.32. The fourth-order valence-corrected chi connectivity index (χ4v) is 4.89. The minimum absolute atomic E-state index is 0.00716. The average Bonchev–Trinajstić information content (AvgIpc) is 2.68. The zero-order valence-electron chi connectivity index (χ0n) is 14.8. The lowest BCUT2D eigenvalue weighted by Crippen LogP contribution is -2.42. The minimum Gasteiger partial charge on any atom is -0.497 e. The topological polar surface area (TPSA) is 63.7 Å². The molecular formula is C20H23NO4S. The predicted molar refractivity (Wildman–Crippen MR) is 101 cm³/mol. The number of methoxy groups -OCH3 is 1. The van der Waals surface area contributed by atoms with Crippen molar-refractivity contribution in [2.24, 2.45) is 5.92 Å². The summed E-state index contributed by atoms with van der Waals surface area (Å²) >= 11 is 0. The summed E-state index contributed by atoms with van der Waals surface area (Å²) in [6.45, 7) is 0.724. The third-order valence-electron chi connectivity index (χ3n) is 4.71. The van der Waals surface area contributed by atoms with Gasteiger partial charge < -0.3 is 4.74 Å². The van der Waals surface area contributed by atoms with Gasteiger partial charge in [0, 0.05) is 24.6 Å². The van der Waals surface area contributed by atoms with Gasteiger partial charge in [0.05, 0.1) is 12.9 Å². The van der Waals surface area contributed by atoms with E-state index in [2.05, 4.69) is 0 Å². The molecule has 0 amide bonds. The average molecular weight is 373 g/mol. The molecule has 3 rings (SSSR count). The normalized spacial score (nSPS) is 18.4. The fourth-order valence-electron chi connectivity index (χ4n) is 3.28. The summed E-state index contributed by atoms with van der Waals surface area (Å²) in [5.41, 5.74) is 1.36. The Balaban J connectivity index is 1.70. The molecule has 6 heteroatoms. The summed E-state index contributed by atoms with van der Waals surface area (Å²) in [5.74, 6) is 0.351. The molecule has 5 nitrogen and oxygen atoms in total. The van der Waals surface area contributed by atoms with E-state index in [1.165, 1.54) is 4.31 Å². The van der Waals surface area contributed by atoms with Crippen molar-refractivity contribution in [2.75, 3.05) is 20.2 Å². The summed E-state index contributed by atoms with van der Waals surface area (Å²) in [5, 5.41) is 0. The van der Waals surface area contributed by atoms with Crippen molar-refractivity contribution < 1.29 is 17.9 Å². The van der Waals surface area contributed by atoms with Crippen LogP contribution in [0.15, 0.2) is 54.6 Å². The molecule has 0 aliphatic carbocycles. The van der Waals surface area contributed by atoms with Gasteiger partial charge in [-0.2, -0.15) is 0 Å². The number of sulfonamides is 1. The van der Waals surface area contributed by atoms with Crippen LogP contribution in [-0.4, -0.2) is 38.7 Å². The summed E-state index contributed by atoms with van der Waals surface area (Å²) in [6, 6.07) is 16.1. The van der Waals surface area contributed by atoms with Gasteiger partial charge in [-0.3, -0.25) is 4.79 Å². The highest BCUT2D eigenvalue weighted by molar-refractivity contribution is 7.88. The third-order valence-corrected chi connectivity index (χ3v) is 6.53. The maximum absolute atomic E-state index is 12.8. The molecule has 1 aliphatic heterocycles. The van der Waals surface area contributed by atoms with Crippen molar-refractivity contribution in [3.63, 3.8) is 0 Å². The van der Waals surface area contributed by atoms with Gasteiger partial charge in [0.15, 0.2) is 5.78 Å². The largest absolute Gasteiger partial charge is 0.497 e. The second-order valence-electron chi connectivity index (χ2n) is 6.53. The van der Waals surface area contributed by atoms with E-state index in [9.17, 15) is 13.2 Å². The molecule has 2 aromatic carbocycles. The Morgan fingerprint density at radius 2 is 1.81 bits per heavy atom. The van der Waals surface area contributed by atoms with Gasteiger partial charge in [0.2, 0.25) is 10.0 Å². The molecule has 1 heterocycles. The zero-order valence-corrected chi connectivity index (χ0v) is 15.6. The SMILES string of the molecule is COc1ccc(C(=O)C2CCCN(S(=O)(=O)Cc3ccccc3)C2)cc1. The van der Waals surface area contributed by atoms with Crippen molar-refractivity contribution in [1.29, 1.82) is 0 Å². The van der Waals surface area contributed by atoms with Crippen LogP contribution in [0.1, 0.15) is 28.8 Å². The van der Waals surface area contributed by atoms with Crippen molar-refractivity contribution >= 4 is 15.8 Å². The Morgan fingerprint density at radius 3 is 2.46 bits per heavy atom. The standard InChI is InChI=1S/C20H23NO4S/c1-25-19-11-9-17(10-12-19)20(22)18-8-5-13-21(14-18)26(23,24)15-16-6-3-2-4-7-16/h2-4,6-7,9-12,18H,5,8,13-15H2,1H3. The molecule has 0 radical (unpaired) electrons. The minimum atomic E-state index is -3.43. The molecule has 26 heavy (non-hydrogen) atoms. The predicted octanol–water partition coefficient (Wildman–Crippen LogP) is 3.12. The number of hydrogen-bond donors (Lipinski definition) is 0. The van der Waals surface area contributed by atoms with Crippen LogP contribution in [0.2, 0.25) is 0 Å². The smallest absolute Gasteiger partial charge is 0.218 e. The second kappa shape index (κ2) is 8.01. The van der Waals surface area contributed by atoms with E-state index in [0.29, 0.717) is 30.7 Å². The van der Waals surface area contributed by atoms with E-state index < -0.39 is 10.0 Å². The molecule has 1 aliphatic rings. The highest BCUT2D eigenvalue weighted by Crippen LogP contribution is 2.25. The van der Waals surface area contributed by atoms with Crippen LogP contribution in [-0.2, 0) is 15.8 Å². The van der Waals surface area contributed by atoms with Crippen LogP contribution in [0.5, 0.6) is 5.75 Å². The number of ketones is 1. The Kier molecular flexibility index (Phi) is 5.74. The summed E-state index contributed by atoms with van der Waals surface area (Å²) in [6.07, 6.45) is 1.41. The van der Waals surface area contributed by atoms with Crippen molar-refractivity contribution in [3.8, 4) is 5.75 Å². The third kappa shape index (κ3) is 4.31. The molecule has 1 unspecified atom stereocenters. The van der Waals surface area contributed by atoms with Gasteiger partial charge in [-0.25, -0.2) is 12.7 Å². The first kappa shape index (κ1) is 18.6. The van der Waals surface area contributed by atoms with Crippen LogP contribution >= 0.6 is 0 Å². The number of ether oxygens (including phenoxy) is 1. The number of hydrogen-bond acceptors (Lipinski definition) is 4. The lowest BCUT2D eigenvalue weighted by molar-refractivity contribution is 0.0872. The summed E-state index contributed by atoms with van der Waals surface area (Å²) in [7, 11) is -1.86. The number of benzene rings is 2. The fraction of sp³-hybridized carbons (Fsp3) is 0.350. The molecule has 0 N–H and O–H groups in total. The summed E-state index contributed by atoms with van der Waals surface area (Å²) in [4.78, 5) is 12.8. The van der Waals surface area contributed by atoms with E-state index in [-0.39, 0.29) is 24.0 Å². The molecule has 0 bridgehead atoms. The molecule has 1 fully saturated rings. The van der Waals surface area contributed by atoms with Crippen LogP contribution in [0.25, 0.3) is 0 Å². The molecule has 138 valence electrons. The number of Topliss-reactive ketones (excluding diaryl/α,β-unsaturated/α-hetero) is 1. The summed E-state index contributed by atoms with van der Waals surface area (Å²) < 4.78 is 32.1. The highest BCUT2D eigenvalue weighted by atomic mass is 32.2. The second-order valence-corrected chi connectivity index (χ2v) is 8.50. The quantitative estimate of drug-likeness (QED) is 0.730. The van der Waals surface area contributed by atoms with Crippen LogP contribution in [0.3, 0.4) is 0 Å². The van der Waals surface area contributed by atoms with Crippen LogP contribution < -0.4 is 4.74 Å². The van der Waals surface area contributed by atoms with E-state index >= 15 is 0 Å². The van der Waals surface area contributed by atoms with Gasteiger partial charge >= 0.3 is 0 Å². The lowest BCUT2D eigenvalue weighted by Gasteiger charge is -2.31. The maximum atomic E-state index is 12.8. The van der Waals surface area contributed by atoms with Crippen molar-refractivity contribution in [2.45, 2.75) is 18.6 Å². The first-order chi connectivity index (χ1) is 12.5. The van der Waals surface area contributed by atoms with E-state index in [4.69, 9.17) is 4.74 Å². The molecule has 0 aromatic heterocycles. The molecule has 1 saturated heterocycles. The Labute approximate surface area is 154 Å². The first-order valence-corrected chi connectivity index (χ1v) is 10.3. The molecule has 0 saturated carbocycles. The monoisotopic (exact) mass is 373 g/mol. The van der Waals surface area contributed by atoms with Crippen molar-refractivity contribution in [1.82, 2.24) is 4.31 Å². The number of piperidine rings is 1. The number of nitrogens with zero attached hydrogens (tertiary/aromatic N) is 1. The van der Waals surface area contributed by atoms with Crippen LogP contribution in [0, 0.1) is 5.92 Å². The lowest BCUT2D eigenvalue weighted by atomic mass is 9.91. The van der Waals surface area contributed by atoms with Gasteiger partial charge in [0.1, 0.15) is 5.75 Å². The van der Waals surface area contributed by atoms with E-state index in [1.807, 2.05) is 30.3 Å². The van der Waals surface area contributed by atoms with Gasteiger partial charge in [-0.1, -0.05) is 30.3 Å². The Bertz CT molecular complexity index is 847. The zero-order chi connectivity index (χ0) is 18.6. The molecule has 2 aromatic rings. The number of rotatable bonds is 6. The van der Waals surface area contributed by atoms with Gasteiger partial charge in [-0.05, 0) is 42.7 Å². The van der Waals surface area contributed by atoms with Gasteiger partial charge in [-0.15, -0.1) is 0 Å². The van der Waals surface area contributed by atoms with E-state index in [0.717, 1.165) is 5.56 Å². The molecule has 0 spiro atoms. The maximum Gasteiger partial charge on any atom is 0.218 e. The van der Waals surface area contributed by atoms with E-state index in [1.54, 1.807) is 31.4 Å². The Hall–Kier alpha value is -2.18. The van der Waals surface area contributed by atoms with Gasteiger partial charge in [0.25, 0.3) is 0 Å². The first-order valence-electron chi connectivity index (χ1n) is 8.69. The molecular weight excluding hydrogens is 350 g/mol.